The zero-order valence-corrected chi connectivity index (χ0v) is 14.1. The van der Waals surface area contributed by atoms with Crippen molar-refractivity contribution in [3.05, 3.63) is 35.4 Å². The van der Waals surface area contributed by atoms with Crippen molar-refractivity contribution in [2.24, 2.45) is 5.92 Å². The second-order valence-electron chi connectivity index (χ2n) is 7.06. The Morgan fingerprint density at radius 2 is 1.86 bits per heavy atom. The third-order valence-corrected chi connectivity index (χ3v) is 4.45. The fourth-order valence-electron chi connectivity index (χ4n) is 3.35. The summed E-state index contributed by atoms with van der Waals surface area (Å²) in [5.74, 6) is 0.926. The Balaban J connectivity index is 1.82. The maximum absolute atomic E-state index is 3.49. The van der Waals surface area contributed by atoms with Gasteiger partial charge >= 0.3 is 0 Å². The summed E-state index contributed by atoms with van der Waals surface area (Å²) in [5.41, 5.74) is 2.84. The van der Waals surface area contributed by atoms with Crippen molar-refractivity contribution in [3.8, 4) is 0 Å². The molecule has 21 heavy (non-hydrogen) atoms. The summed E-state index contributed by atoms with van der Waals surface area (Å²) < 4.78 is 0. The number of nitrogens with zero attached hydrogens (tertiary/aromatic N) is 1. The van der Waals surface area contributed by atoms with E-state index in [0.29, 0.717) is 6.04 Å². The largest absolute Gasteiger partial charge is 0.310 e. The van der Waals surface area contributed by atoms with Crippen molar-refractivity contribution in [2.75, 3.05) is 13.6 Å². The van der Waals surface area contributed by atoms with Gasteiger partial charge in [0.25, 0.3) is 0 Å². The first-order chi connectivity index (χ1) is 10.1. The van der Waals surface area contributed by atoms with E-state index in [0.717, 1.165) is 19.0 Å². The van der Waals surface area contributed by atoms with E-state index < -0.39 is 0 Å². The van der Waals surface area contributed by atoms with Crippen LogP contribution < -0.4 is 5.32 Å². The zero-order valence-electron chi connectivity index (χ0n) is 14.1. The van der Waals surface area contributed by atoms with Gasteiger partial charge in [0.15, 0.2) is 0 Å². The number of rotatable bonds is 7. The van der Waals surface area contributed by atoms with Crippen molar-refractivity contribution >= 4 is 0 Å². The predicted molar refractivity (Wildman–Crippen MR) is 91.3 cm³/mol. The van der Waals surface area contributed by atoms with Crippen molar-refractivity contribution in [3.63, 3.8) is 0 Å². The van der Waals surface area contributed by atoms with Gasteiger partial charge < -0.3 is 10.2 Å². The fourth-order valence-corrected chi connectivity index (χ4v) is 3.35. The quantitative estimate of drug-likeness (QED) is 0.809. The van der Waals surface area contributed by atoms with Crippen LogP contribution in [-0.4, -0.2) is 24.5 Å². The zero-order chi connectivity index (χ0) is 15.1. The highest BCUT2D eigenvalue weighted by molar-refractivity contribution is 5.23. The molecule has 0 bridgehead atoms. The molecule has 0 heterocycles. The van der Waals surface area contributed by atoms with E-state index in [1.54, 1.807) is 0 Å². The Labute approximate surface area is 130 Å². The lowest BCUT2D eigenvalue weighted by Gasteiger charge is -2.27. The van der Waals surface area contributed by atoms with Crippen LogP contribution in [0.3, 0.4) is 0 Å². The molecule has 0 saturated heterocycles. The molecule has 1 aromatic carbocycles. The summed E-state index contributed by atoms with van der Waals surface area (Å²) in [4.78, 5) is 2.50. The first kappa shape index (κ1) is 16.5. The first-order valence-electron chi connectivity index (χ1n) is 8.63. The molecule has 1 saturated carbocycles. The van der Waals surface area contributed by atoms with E-state index in [1.807, 2.05) is 0 Å². The summed E-state index contributed by atoms with van der Waals surface area (Å²) in [6.45, 7) is 7.70. The maximum Gasteiger partial charge on any atom is 0.0230 e. The minimum atomic E-state index is 0.544. The van der Waals surface area contributed by atoms with Crippen LogP contribution in [0.1, 0.15) is 57.1 Å². The molecule has 2 heteroatoms. The van der Waals surface area contributed by atoms with E-state index in [1.165, 1.54) is 49.8 Å². The fraction of sp³-hybridized carbons (Fsp3) is 0.684. The SMILES string of the molecule is CC(C)NCc1cccc(CN(C)CC2CCCCC2)c1. The topological polar surface area (TPSA) is 15.3 Å². The highest BCUT2D eigenvalue weighted by Gasteiger charge is 2.15. The summed E-state index contributed by atoms with van der Waals surface area (Å²) in [7, 11) is 2.27. The van der Waals surface area contributed by atoms with Crippen molar-refractivity contribution in [1.29, 1.82) is 0 Å². The van der Waals surface area contributed by atoms with E-state index in [-0.39, 0.29) is 0 Å². The molecule has 2 rings (SSSR count). The Hall–Kier alpha value is -0.860. The van der Waals surface area contributed by atoms with Gasteiger partial charge in [-0.1, -0.05) is 57.4 Å². The molecular weight excluding hydrogens is 256 g/mol. The van der Waals surface area contributed by atoms with E-state index in [2.05, 4.69) is 55.4 Å². The van der Waals surface area contributed by atoms with Crippen LogP contribution >= 0.6 is 0 Å². The Morgan fingerprint density at radius 3 is 2.57 bits per heavy atom. The van der Waals surface area contributed by atoms with Gasteiger partial charge in [-0.05, 0) is 36.9 Å². The van der Waals surface area contributed by atoms with Crippen LogP contribution in [0.2, 0.25) is 0 Å². The Kier molecular flexibility index (Phi) is 6.72. The lowest BCUT2D eigenvalue weighted by Crippen LogP contribution is -2.27. The summed E-state index contributed by atoms with van der Waals surface area (Å²) >= 11 is 0. The second-order valence-corrected chi connectivity index (χ2v) is 7.06. The van der Waals surface area contributed by atoms with Crippen molar-refractivity contribution in [2.45, 2.75) is 65.1 Å². The van der Waals surface area contributed by atoms with Gasteiger partial charge in [0.1, 0.15) is 0 Å². The number of hydrogen-bond acceptors (Lipinski definition) is 2. The molecule has 0 atom stereocenters. The normalized spacial score (nSPS) is 16.8. The lowest BCUT2D eigenvalue weighted by atomic mass is 9.89. The minimum absolute atomic E-state index is 0.544. The maximum atomic E-state index is 3.49. The molecule has 0 spiro atoms. The Morgan fingerprint density at radius 1 is 1.14 bits per heavy atom. The van der Waals surface area contributed by atoms with Crippen LogP contribution in [0.25, 0.3) is 0 Å². The summed E-state index contributed by atoms with van der Waals surface area (Å²) in [5, 5.41) is 3.49. The van der Waals surface area contributed by atoms with Gasteiger partial charge in [-0.3, -0.25) is 0 Å². The van der Waals surface area contributed by atoms with Gasteiger partial charge in [0.05, 0.1) is 0 Å². The average Bonchev–Trinajstić information content (AvgIpc) is 2.46. The van der Waals surface area contributed by atoms with Gasteiger partial charge in [0, 0.05) is 25.7 Å². The van der Waals surface area contributed by atoms with Gasteiger partial charge in [0.2, 0.25) is 0 Å². The highest BCUT2D eigenvalue weighted by Crippen LogP contribution is 2.24. The summed E-state index contributed by atoms with van der Waals surface area (Å²) in [6.07, 6.45) is 7.19. The third-order valence-electron chi connectivity index (χ3n) is 4.45. The molecule has 1 N–H and O–H groups in total. The molecule has 1 aromatic rings. The predicted octanol–water partition coefficient (Wildman–Crippen LogP) is 4.20. The molecule has 118 valence electrons. The standard InChI is InChI=1S/C19H32N2/c1-16(2)20-13-18-10-7-11-19(12-18)15-21(3)14-17-8-5-4-6-9-17/h7,10-12,16-17,20H,4-6,8-9,13-15H2,1-3H3. The molecule has 1 fully saturated rings. The number of hydrogen-bond donors (Lipinski definition) is 1. The molecule has 0 aliphatic heterocycles. The lowest BCUT2D eigenvalue weighted by molar-refractivity contribution is 0.228. The number of benzene rings is 1. The number of nitrogens with one attached hydrogen (secondary N) is 1. The molecule has 0 aromatic heterocycles. The minimum Gasteiger partial charge on any atom is -0.310 e. The molecular formula is C19H32N2. The van der Waals surface area contributed by atoms with E-state index >= 15 is 0 Å². The molecule has 0 amide bonds. The van der Waals surface area contributed by atoms with Crippen LogP contribution in [0.4, 0.5) is 0 Å². The van der Waals surface area contributed by atoms with Crippen LogP contribution in [0.5, 0.6) is 0 Å². The third kappa shape index (κ3) is 6.19. The first-order valence-corrected chi connectivity index (χ1v) is 8.63. The smallest absolute Gasteiger partial charge is 0.0230 e. The molecule has 1 aliphatic rings. The van der Waals surface area contributed by atoms with Gasteiger partial charge in [-0.25, -0.2) is 0 Å². The van der Waals surface area contributed by atoms with Gasteiger partial charge in [-0.2, -0.15) is 0 Å². The molecule has 1 aliphatic carbocycles. The van der Waals surface area contributed by atoms with Crippen LogP contribution in [0.15, 0.2) is 24.3 Å². The average molecular weight is 288 g/mol. The van der Waals surface area contributed by atoms with Crippen LogP contribution in [-0.2, 0) is 13.1 Å². The monoisotopic (exact) mass is 288 g/mol. The highest BCUT2D eigenvalue weighted by atomic mass is 15.1. The second kappa shape index (κ2) is 8.55. The Bertz CT molecular complexity index is 408. The molecule has 0 radical (unpaired) electrons. The molecule has 2 nitrogen and oxygen atoms in total. The molecule has 0 unspecified atom stereocenters. The van der Waals surface area contributed by atoms with E-state index in [9.17, 15) is 0 Å². The van der Waals surface area contributed by atoms with Crippen LogP contribution in [0, 0.1) is 5.92 Å². The summed E-state index contributed by atoms with van der Waals surface area (Å²) in [6, 6.07) is 9.58. The van der Waals surface area contributed by atoms with Crippen molar-refractivity contribution in [1.82, 2.24) is 10.2 Å². The van der Waals surface area contributed by atoms with Gasteiger partial charge in [-0.15, -0.1) is 0 Å². The van der Waals surface area contributed by atoms with Crippen molar-refractivity contribution < 1.29 is 0 Å². The van der Waals surface area contributed by atoms with E-state index in [4.69, 9.17) is 0 Å².